The summed E-state index contributed by atoms with van der Waals surface area (Å²) in [4.78, 5) is 10.9. The van der Waals surface area contributed by atoms with Gasteiger partial charge in [-0.15, -0.1) is 0 Å². The average Bonchev–Trinajstić information content (AvgIpc) is 2.35. The van der Waals surface area contributed by atoms with E-state index in [-0.39, 0.29) is 18.4 Å². The molecule has 17 heavy (non-hydrogen) atoms. The van der Waals surface area contributed by atoms with Gasteiger partial charge in [0.25, 0.3) is 0 Å². The number of nitrogens with two attached hydrogens (primary N) is 1. The molecule has 1 rings (SSSR count). The largest absolute Gasteiger partial charge is 0.481 e. The second kappa shape index (κ2) is 6.40. The maximum atomic E-state index is 10.9. The molecule has 2 atom stereocenters. The van der Waals surface area contributed by atoms with Crippen LogP contribution in [-0.2, 0) is 11.2 Å². The van der Waals surface area contributed by atoms with Gasteiger partial charge < -0.3 is 10.8 Å². The first-order valence-corrected chi connectivity index (χ1v) is 6.14. The summed E-state index contributed by atoms with van der Waals surface area (Å²) in [7, 11) is 0. The van der Waals surface area contributed by atoms with Gasteiger partial charge in [-0.1, -0.05) is 38.1 Å². The average molecular weight is 235 g/mol. The Morgan fingerprint density at radius 3 is 2.29 bits per heavy atom. The molecule has 1 aromatic carbocycles. The molecule has 3 heteroatoms. The van der Waals surface area contributed by atoms with Crippen molar-refractivity contribution in [3.05, 3.63) is 35.4 Å². The Morgan fingerprint density at radius 2 is 1.88 bits per heavy atom. The minimum Gasteiger partial charge on any atom is -0.481 e. The van der Waals surface area contributed by atoms with E-state index in [9.17, 15) is 4.79 Å². The van der Waals surface area contributed by atoms with E-state index >= 15 is 0 Å². The highest BCUT2D eigenvalue weighted by Crippen LogP contribution is 2.24. The zero-order chi connectivity index (χ0) is 12.8. The Balaban J connectivity index is 2.91. The highest BCUT2D eigenvalue weighted by atomic mass is 16.4. The smallest absolute Gasteiger partial charge is 0.304 e. The molecule has 0 saturated carbocycles. The minimum absolute atomic E-state index is 0.0941. The molecule has 0 aromatic heterocycles. The molecule has 1 aromatic rings. The van der Waals surface area contributed by atoms with Crippen LogP contribution in [0.4, 0.5) is 0 Å². The molecule has 0 aliphatic rings. The van der Waals surface area contributed by atoms with Crippen molar-refractivity contribution in [3.63, 3.8) is 0 Å². The van der Waals surface area contributed by atoms with Crippen molar-refractivity contribution in [2.45, 2.75) is 45.1 Å². The van der Waals surface area contributed by atoms with Crippen molar-refractivity contribution in [1.29, 1.82) is 0 Å². The fraction of sp³-hybridized carbons (Fsp3) is 0.500. The lowest BCUT2D eigenvalue weighted by Gasteiger charge is -2.22. The Hall–Kier alpha value is -1.35. The first kappa shape index (κ1) is 13.7. The van der Waals surface area contributed by atoms with E-state index < -0.39 is 5.97 Å². The predicted molar refractivity (Wildman–Crippen MR) is 69.1 cm³/mol. The zero-order valence-corrected chi connectivity index (χ0v) is 10.5. The van der Waals surface area contributed by atoms with Gasteiger partial charge in [0.1, 0.15) is 0 Å². The normalized spacial score (nSPS) is 14.3. The van der Waals surface area contributed by atoms with Crippen LogP contribution in [0.25, 0.3) is 0 Å². The number of carbonyl (C=O) groups is 1. The topological polar surface area (TPSA) is 63.3 Å². The summed E-state index contributed by atoms with van der Waals surface area (Å²) < 4.78 is 0. The molecular weight excluding hydrogens is 214 g/mol. The van der Waals surface area contributed by atoms with Gasteiger partial charge >= 0.3 is 5.97 Å². The number of carboxylic acid groups (broad SMARTS) is 1. The van der Waals surface area contributed by atoms with Crippen LogP contribution in [0.3, 0.4) is 0 Å². The van der Waals surface area contributed by atoms with Crippen LogP contribution < -0.4 is 5.73 Å². The third kappa shape index (κ3) is 3.86. The molecule has 3 N–H and O–H groups in total. The molecule has 0 bridgehead atoms. The van der Waals surface area contributed by atoms with Crippen LogP contribution >= 0.6 is 0 Å². The third-order valence-corrected chi connectivity index (χ3v) is 3.20. The highest BCUT2D eigenvalue weighted by molar-refractivity contribution is 5.68. The van der Waals surface area contributed by atoms with Crippen molar-refractivity contribution in [3.8, 4) is 0 Å². The molecule has 0 spiro atoms. The van der Waals surface area contributed by atoms with Gasteiger partial charge in [-0.05, 0) is 24.0 Å². The Labute approximate surface area is 103 Å². The fourth-order valence-electron chi connectivity index (χ4n) is 1.99. The van der Waals surface area contributed by atoms with Crippen LogP contribution in [0, 0.1) is 0 Å². The van der Waals surface area contributed by atoms with Crippen LogP contribution in [0.1, 0.15) is 43.7 Å². The highest BCUT2D eigenvalue weighted by Gasteiger charge is 2.21. The van der Waals surface area contributed by atoms with E-state index in [4.69, 9.17) is 10.8 Å². The molecule has 2 unspecified atom stereocenters. The maximum Gasteiger partial charge on any atom is 0.304 e. The van der Waals surface area contributed by atoms with Crippen LogP contribution in [0.15, 0.2) is 24.3 Å². The summed E-state index contributed by atoms with van der Waals surface area (Å²) in [6, 6.07) is 8.00. The Bertz CT molecular complexity index is 359. The lowest BCUT2D eigenvalue weighted by Crippen LogP contribution is -2.29. The number of aliphatic carboxylic acids is 1. The van der Waals surface area contributed by atoms with Gasteiger partial charge in [-0.2, -0.15) is 0 Å². The molecule has 0 aliphatic heterocycles. The molecule has 0 fully saturated rings. The lowest BCUT2D eigenvalue weighted by atomic mass is 9.87. The van der Waals surface area contributed by atoms with Crippen LogP contribution in [-0.4, -0.2) is 17.1 Å². The summed E-state index contributed by atoms with van der Waals surface area (Å²) in [6.07, 6.45) is 1.87. The molecule has 94 valence electrons. The Morgan fingerprint density at radius 1 is 1.29 bits per heavy atom. The molecule has 3 nitrogen and oxygen atoms in total. The van der Waals surface area contributed by atoms with Gasteiger partial charge in [0, 0.05) is 12.0 Å². The second-order valence-corrected chi connectivity index (χ2v) is 4.37. The van der Waals surface area contributed by atoms with E-state index in [1.807, 2.05) is 31.2 Å². The number of hydrogen-bond donors (Lipinski definition) is 2. The van der Waals surface area contributed by atoms with Crippen molar-refractivity contribution in [2.24, 2.45) is 5.73 Å². The summed E-state index contributed by atoms with van der Waals surface area (Å²) in [5.41, 5.74) is 8.29. The molecule has 0 radical (unpaired) electrons. The van der Waals surface area contributed by atoms with Gasteiger partial charge in [0.05, 0.1) is 6.42 Å². The molecular formula is C14H21NO2. The fourth-order valence-corrected chi connectivity index (χ4v) is 1.99. The number of carboxylic acids is 1. The second-order valence-electron chi connectivity index (χ2n) is 4.37. The summed E-state index contributed by atoms with van der Waals surface area (Å²) in [6.45, 7) is 4.08. The molecule has 0 amide bonds. The molecule has 0 saturated heterocycles. The van der Waals surface area contributed by atoms with Crippen molar-refractivity contribution < 1.29 is 9.90 Å². The number of benzene rings is 1. The first-order chi connectivity index (χ1) is 8.08. The summed E-state index contributed by atoms with van der Waals surface area (Å²) in [5.74, 6) is -0.887. The number of rotatable bonds is 6. The van der Waals surface area contributed by atoms with Gasteiger partial charge in [-0.25, -0.2) is 0 Å². The van der Waals surface area contributed by atoms with Gasteiger partial charge in [-0.3, -0.25) is 4.79 Å². The van der Waals surface area contributed by atoms with Gasteiger partial charge in [0.15, 0.2) is 0 Å². The molecule has 0 aliphatic carbocycles. The van der Waals surface area contributed by atoms with E-state index in [2.05, 4.69) is 6.92 Å². The van der Waals surface area contributed by atoms with E-state index in [1.54, 1.807) is 0 Å². The number of hydrogen-bond acceptors (Lipinski definition) is 2. The van der Waals surface area contributed by atoms with Gasteiger partial charge in [0.2, 0.25) is 0 Å². The van der Waals surface area contributed by atoms with Crippen molar-refractivity contribution in [2.75, 3.05) is 0 Å². The van der Waals surface area contributed by atoms with E-state index in [1.165, 1.54) is 5.56 Å². The Kier molecular flexibility index (Phi) is 5.16. The molecule has 0 heterocycles. The van der Waals surface area contributed by atoms with Crippen LogP contribution in [0.5, 0.6) is 0 Å². The summed E-state index contributed by atoms with van der Waals surface area (Å²) >= 11 is 0. The SMILES string of the molecule is CCc1ccc(C(CC(=O)O)C(N)CC)cc1. The van der Waals surface area contributed by atoms with E-state index in [0.29, 0.717) is 0 Å². The standard InChI is InChI=1S/C14H21NO2/c1-3-10-5-7-11(8-6-10)12(9-14(16)17)13(15)4-2/h5-8,12-13H,3-4,9,15H2,1-2H3,(H,16,17). The quantitative estimate of drug-likeness (QED) is 0.796. The first-order valence-electron chi connectivity index (χ1n) is 6.14. The van der Waals surface area contributed by atoms with E-state index in [0.717, 1.165) is 18.4 Å². The predicted octanol–water partition coefficient (Wildman–Crippen LogP) is 2.54. The zero-order valence-electron chi connectivity index (χ0n) is 10.5. The van der Waals surface area contributed by atoms with Crippen molar-refractivity contribution in [1.82, 2.24) is 0 Å². The monoisotopic (exact) mass is 235 g/mol. The van der Waals surface area contributed by atoms with Crippen LogP contribution in [0.2, 0.25) is 0 Å². The minimum atomic E-state index is -0.793. The lowest BCUT2D eigenvalue weighted by molar-refractivity contribution is -0.137. The van der Waals surface area contributed by atoms with Crippen molar-refractivity contribution >= 4 is 5.97 Å². The summed E-state index contributed by atoms with van der Waals surface area (Å²) in [5, 5.41) is 8.93. The third-order valence-electron chi connectivity index (χ3n) is 3.20. The maximum absolute atomic E-state index is 10.9. The number of aryl methyl sites for hydroxylation is 1.